The smallest absolute Gasteiger partial charge is 0.323 e. The summed E-state index contributed by atoms with van der Waals surface area (Å²) in [5.74, 6) is 0.0774. The molecule has 0 fully saturated rings. The number of amides is 4. The van der Waals surface area contributed by atoms with Crippen LogP contribution in [0.5, 0.6) is 5.75 Å². The molecule has 1 aliphatic heterocycles. The Bertz CT molecular complexity index is 1180. The quantitative estimate of drug-likeness (QED) is 0.507. The SMILES string of the molecule is COc1cccc(CNC(=O)[C@H](Cc2ccccc2)NC(=O)N2CC(=O)Nc3ccccc32)c1. The Balaban J connectivity index is 1.51. The average Bonchev–Trinajstić information content (AvgIpc) is 2.87. The standard InChI is InChI=1S/C26H26N4O4/c1-34-20-11-7-10-19(14-20)16-27-25(32)22(15-18-8-3-2-4-9-18)29-26(33)30-17-24(31)28-21-12-5-6-13-23(21)30/h2-14,22H,15-17H2,1H3,(H,27,32)(H,28,31)(H,29,33)/t22-/m0/s1. The lowest BCUT2D eigenvalue weighted by atomic mass is 10.0. The molecule has 3 N–H and O–H groups in total. The Hall–Kier alpha value is -4.33. The van der Waals surface area contributed by atoms with E-state index in [1.54, 1.807) is 31.4 Å². The molecule has 0 unspecified atom stereocenters. The molecule has 3 aromatic carbocycles. The van der Waals surface area contributed by atoms with Crippen molar-refractivity contribution in [3.63, 3.8) is 0 Å². The minimum absolute atomic E-state index is 0.133. The van der Waals surface area contributed by atoms with Crippen molar-refractivity contribution in [2.75, 3.05) is 23.9 Å². The third-order valence-corrected chi connectivity index (χ3v) is 5.51. The van der Waals surface area contributed by atoms with E-state index in [1.165, 1.54) is 4.90 Å². The van der Waals surface area contributed by atoms with Crippen LogP contribution in [0.1, 0.15) is 11.1 Å². The van der Waals surface area contributed by atoms with Crippen molar-refractivity contribution < 1.29 is 19.1 Å². The number of ether oxygens (including phenoxy) is 1. The normalized spacial score (nSPS) is 13.3. The molecule has 0 aliphatic carbocycles. The second-order valence-electron chi connectivity index (χ2n) is 7.91. The summed E-state index contributed by atoms with van der Waals surface area (Å²) in [7, 11) is 1.59. The fraction of sp³-hybridized carbons (Fsp3) is 0.192. The molecule has 1 heterocycles. The van der Waals surface area contributed by atoms with E-state index in [9.17, 15) is 14.4 Å². The van der Waals surface area contributed by atoms with Crippen molar-refractivity contribution in [3.05, 3.63) is 90.0 Å². The van der Waals surface area contributed by atoms with Crippen LogP contribution in [0.2, 0.25) is 0 Å². The van der Waals surface area contributed by atoms with Gasteiger partial charge in [0.05, 0.1) is 18.5 Å². The molecule has 0 saturated carbocycles. The number of benzene rings is 3. The third-order valence-electron chi connectivity index (χ3n) is 5.51. The summed E-state index contributed by atoms with van der Waals surface area (Å²) in [5, 5.41) is 8.48. The molecular weight excluding hydrogens is 432 g/mol. The van der Waals surface area contributed by atoms with Gasteiger partial charge in [-0.15, -0.1) is 0 Å². The van der Waals surface area contributed by atoms with Gasteiger partial charge in [-0.05, 0) is 35.4 Å². The van der Waals surface area contributed by atoms with Crippen molar-refractivity contribution in [1.29, 1.82) is 0 Å². The predicted octanol–water partition coefficient (Wildman–Crippen LogP) is 3.09. The Morgan fingerprint density at radius 1 is 1.00 bits per heavy atom. The number of anilines is 2. The Kier molecular flexibility index (Phi) is 7.07. The van der Waals surface area contributed by atoms with Gasteiger partial charge in [-0.3, -0.25) is 14.5 Å². The van der Waals surface area contributed by atoms with Crippen molar-refractivity contribution in [2.45, 2.75) is 19.0 Å². The predicted molar refractivity (Wildman–Crippen MR) is 130 cm³/mol. The van der Waals surface area contributed by atoms with Gasteiger partial charge in [-0.25, -0.2) is 4.79 Å². The number of hydrogen-bond donors (Lipinski definition) is 3. The van der Waals surface area contributed by atoms with Gasteiger partial charge < -0.3 is 20.7 Å². The van der Waals surface area contributed by atoms with E-state index in [2.05, 4.69) is 16.0 Å². The van der Waals surface area contributed by atoms with E-state index < -0.39 is 12.1 Å². The van der Waals surface area contributed by atoms with Crippen LogP contribution in [-0.2, 0) is 22.6 Å². The highest BCUT2D eigenvalue weighted by Crippen LogP contribution is 2.28. The summed E-state index contributed by atoms with van der Waals surface area (Å²) < 4.78 is 5.24. The lowest BCUT2D eigenvalue weighted by Gasteiger charge is -2.30. The second-order valence-corrected chi connectivity index (χ2v) is 7.91. The van der Waals surface area contributed by atoms with E-state index in [1.807, 2.05) is 54.6 Å². The summed E-state index contributed by atoms with van der Waals surface area (Å²) >= 11 is 0. The maximum absolute atomic E-state index is 13.2. The van der Waals surface area contributed by atoms with Gasteiger partial charge in [0, 0.05) is 13.0 Å². The maximum atomic E-state index is 13.2. The number of urea groups is 1. The van der Waals surface area contributed by atoms with Crippen LogP contribution in [0.25, 0.3) is 0 Å². The molecule has 8 heteroatoms. The number of methoxy groups -OCH3 is 1. The molecule has 4 rings (SSSR count). The van der Waals surface area contributed by atoms with Gasteiger partial charge in [0.1, 0.15) is 18.3 Å². The Morgan fingerprint density at radius 2 is 1.74 bits per heavy atom. The molecule has 1 aliphatic rings. The van der Waals surface area contributed by atoms with Crippen LogP contribution in [-0.4, -0.2) is 37.5 Å². The van der Waals surface area contributed by atoms with Crippen LogP contribution in [0.4, 0.5) is 16.2 Å². The van der Waals surface area contributed by atoms with Crippen LogP contribution >= 0.6 is 0 Å². The zero-order chi connectivity index (χ0) is 23.9. The zero-order valence-corrected chi connectivity index (χ0v) is 18.8. The van der Waals surface area contributed by atoms with Gasteiger partial charge in [-0.1, -0.05) is 54.6 Å². The molecule has 0 bridgehead atoms. The lowest BCUT2D eigenvalue weighted by Crippen LogP contribution is -2.54. The number of fused-ring (bicyclic) bond motifs is 1. The number of nitrogens with zero attached hydrogens (tertiary/aromatic N) is 1. The van der Waals surface area contributed by atoms with Crippen molar-refractivity contribution in [1.82, 2.24) is 10.6 Å². The van der Waals surface area contributed by atoms with Gasteiger partial charge in [0.25, 0.3) is 0 Å². The molecule has 174 valence electrons. The summed E-state index contributed by atoms with van der Waals surface area (Å²) in [4.78, 5) is 39.8. The Labute approximate surface area is 197 Å². The molecule has 3 aromatic rings. The van der Waals surface area contributed by atoms with Crippen molar-refractivity contribution >= 4 is 29.2 Å². The van der Waals surface area contributed by atoms with Gasteiger partial charge >= 0.3 is 6.03 Å². The Morgan fingerprint density at radius 3 is 2.53 bits per heavy atom. The molecule has 34 heavy (non-hydrogen) atoms. The molecule has 1 atom stereocenters. The van der Waals surface area contributed by atoms with E-state index >= 15 is 0 Å². The first-order valence-corrected chi connectivity index (χ1v) is 10.9. The third kappa shape index (κ3) is 5.53. The van der Waals surface area contributed by atoms with Gasteiger partial charge in [0.15, 0.2) is 0 Å². The molecule has 8 nitrogen and oxygen atoms in total. The highest BCUT2D eigenvalue weighted by atomic mass is 16.5. The van der Waals surface area contributed by atoms with E-state index in [4.69, 9.17) is 4.74 Å². The minimum atomic E-state index is -0.836. The lowest BCUT2D eigenvalue weighted by molar-refractivity contribution is -0.123. The minimum Gasteiger partial charge on any atom is -0.497 e. The summed E-state index contributed by atoms with van der Waals surface area (Å²) in [6, 6.07) is 22.6. The topological polar surface area (TPSA) is 99.8 Å². The fourth-order valence-corrected chi connectivity index (χ4v) is 3.80. The van der Waals surface area contributed by atoms with Crippen LogP contribution < -0.4 is 25.6 Å². The van der Waals surface area contributed by atoms with E-state index in [0.29, 0.717) is 23.5 Å². The number of carbonyl (C=O) groups excluding carboxylic acids is 3. The second kappa shape index (κ2) is 10.5. The zero-order valence-electron chi connectivity index (χ0n) is 18.8. The van der Waals surface area contributed by atoms with Gasteiger partial charge in [-0.2, -0.15) is 0 Å². The summed E-state index contributed by atoms with van der Waals surface area (Å²) in [6.07, 6.45) is 0.304. The number of para-hydroxylation sites is 2. The fourth-order valence-electron chi connectivity index (χ4n) is 3.80. The van der Waals surface area contributed by atoms with Gasteiger partial charge in [0.2, 0.25) is 11.8 Å². The number of rotatable bonds is 7. The van der Waals surface area contributed by atoms with E-state index in [-0.39, 0.29) is 24.9 Å². The first-order chi connectivity index (χ1) is 16.5. The molecule has 4 amide bonds. The molecular formula is C26H26N4O4. The summed E-state index contributed by atoms with van der Waals surface area (Å²) in [6.45, 7) is 0.151. The van der Waals surface area contributed by atoms with Crippen molar-refractivity contribution in [2.24, 2.45) is 0 Å². The monoisotopic (exact) mass is 458 g/mol. The first kappa shape index (κ1) is 22.8. The highest BCUT2D eigenvalue weighted by Gasteiger charge is 2.30. The van der Waals surface area contributed by atoms with E-state index in [0.717, 1.165) is 11.1 Å². The highest BCUT2D eigenvalue weighted by molar-refractivity contribution is 6.10. The average molecular weight is 459 g/mol. The van der Waals surface area contributed by atoms with Crippen LogP contribution in [0.3, 0.4) is 0 Å². The largest absolute Gasteiger partial charge is 0.497 e. The first-order valence-electron chi connectivity index (χ1n) is 10.9. The van der Waals surface area contributed by atoms with Crippen LogP contribution in [0.15, 0.2) is 78.9 Å². The molecule has 0 radical (unpaired) electrons. The maximum Gasteiger partial charge on any atom is 0.323 e. The molecule has 0 aromatic heterocycles. The molecule has 0 spiro atoms. The molecule has 0 saturated heterocycles. The number of carbonyl (C=O) groups is 3. The summed E-state index contributed by atoms with van der Waals surface area (Å²) in [5.41, 5.74) is 2.91. The van der Waals surface area contributed by atoms with Crippen molar-refractivity contribution in [3.8, 4) is 5.75 Å². The van der Waals surface area contributed by atoms with Crippen LogP contribution in [0, 0.1) is 0 Å². The number of hydrogen-bond acceptors (Lipinski definition) is 4. The number of nitrogens with one attached hydrogen (secondary N) is 3.